The summed E-state index contributed by atoms with van der Waals surface area (Å²) in [5.74, 6) is -1.13. The molecule has 104 valence electrons. The Kier molecular flexibility index (Phi) is 5.59. The van der Waals surface area contributed by atoms with Gasteiger partial charge in [-0.15, -0.1) is 0 Å². The molecule has 0 bridgehead atoms. The number of hydrogen-bond donors (Lipinski definition) is 3. The molecule has 1 atom stereocenters. The standard InChI is InChI=1S/C13H24N2O3/c1-3-5-7-13(8-6-4-2)12(18)15-10(9-14-13)11(16)17/h10,14H,3-9H2,1-2H3,(H,15,18)(H,16,17)/t10-/m0/s1. The van der Waals surface area contributed by atoms with E-state index >= 15 is 0 Å². The third-order valence-corrected chi connectivity index (χ3v) is 3.60. The van der Waals surface area contributed by atoms with Crippen molar-refractivity contribution >= 4 is 11.9 Å². The van der Waals surface area contributed by atoms with Crippen LogP contribution in [-0.2, 0) is 9.59 Å². The fraction of sp³-hybridized carbons (Fsp3) is 0.846. The van der Waals surface area contributed by atoms with Gasteiger partial charge < -0.3 is 15.7 Å². The highest BCUT2D eigenvalue weighted by atomic mass is 16.4. The topological polar surface area (TPSA) is 78.4 Å². The van der Waals surface area contributed by atoms with Crippen molar-refractivity contribution in [3.05, 3.63) is 0 Å². The van der Waals surface area contributed by atoms with Crippen LogP contribution in [0.1, 0.15) is 52.4 Å². The minimum Gasteiger partial charge on any atom is -0.480 e. The van der Waals surface area contributed by atoms with Crippen molar-refractivity contribution in [1.82, 2.24) is 10.6 Å². The van der Waals surface area contributed by atoms with Crippen LogP contribution in [0.15, 0.2) is 0 Å². The Morgan fingerprint density at radius 3 is 2.28 bits per heavy atom. The Morgan fingerprint density at radius 1 is 1.33 bits per heavy atom. The number of carbonyl (C=O) groups is 2. The number of carbonyl (C=O) groups excluding carboxylic acids is 1. The first-order valence-electron chi connectivity index (χ1n) is 6.84. The summed E-state index contributed by atoms with van der Waals surface area (Å²) in [6.07, 6.45) is 5.57. The normalized spacial score (nSPS) is 22.6. The maximum Gasteiger partial charge on any atom is 0.327 e. The SMILES string of the molecule is CCCCC1(CCCC)NC[C@@H](C(=O)O)NC1=O. The number of nitrogens with one attached hydrogen (secondary N) is 2. The Morgan fingerprint density at radius 2 is 1.89 bits per heavy atom. The number of carboxylic acids is 1. The van der Waals surface area contributed by atoms with E-state index in [-0.39, 0.29) is 5.91 Å². The number of carboxylic acid groups (broad SMARTS) is 1. The Bertz CT molecular complexity index is 297. The molecule has 5 heteroatoms. The molecular formula is C13H24N2O3. The molecule has 1 heterocycles. The molecule has 1 aliphatic rings. The van der Waals surface area contributed by atoms with Crippen LogP contribution in [0.5, 0.6) is 0 Å². The van der Waals surface area contributed by atoms with Gasteiger partial charge in [-0.1, -0.05) is 39.5 Å². The maximum atomic E-state index is 12.2. The van der Waals surface area contributed by atoms with E-state index in [2.05, 4.69) is 24.5 Å². The first-order chi connectivity index (χ1) is 8.55. The van der Waals surface area contributed by atoms with Crippen molar-refractivity contribution in [3.63, 3.8) is 0 Å². The van der Waals surface area contributed by atoms with Crippen molar-refractivity contribution in [3.8, 4) is 0 Å². The second-order valence-corrected chi connectivity index (χ2v) is 5.03. The van der Waals surface area contributed by atoms with E-state index in [0.717, 1.165) is 38.5 Å². The van der Waals surface area contributed by atoms with Crippen LogP contribution in [0.4, 0.5) is 0 Å². The van der Waals surface area contributed by atoms with Crippen molar-refractivity contribution in [2.75, 3.05) is 6.54 Å². The van der Waals surface area contributed by atoms with Crippen LogP contribution in [0.25, 0.3) is 0 Å². The van der Waals surface area contributed by atoms with E-state index in [0.29, 0.717) is 6.54 Å². The number of piperazine rings is 1. The van der Waals surface area contributed by atoms with E-state index in [9.17, 15) is 9.59 Å². The van der Waals surface area contributed by atoms with Crippen molar-refractivity contribution in [2.45, 2.75) is 64.0 Å². The van der Waals surface area contributed by atoms with Crippen molar-refractivity contribution in [2.24, 2.45) is 0 Å². The summed E-state index contributed by atoms with van der Waals surface area (Å²) in [5.41, 5.74) is -0.558. The molecule has 0 unspecified atom stereocenters. The van der Waals surface area contributed by atoms with Crippen molar-refractivity contribution < 1.29 is 14.7 Å². The van der Waals surface area contributed by atoms with Gasteiger partial charge in [-0.05, 0) is 12.8 Å². The van der Waals surface area contributed by atoms with Gasteiger partial charge in [0.2, 0.25) is 5.91 Å². The summed E-state index contributed by atoms with van der Waals surface area (Å²) in [7, 11) is 0. The van der Waals surface area contributed by atoms with Gasteiger partial charge in [-0.3, -0.25) is 4.79 Å². The second kappa shape index (κ2) is 6.73. The zero-order valence-electron chi connectivity index (χ0n) is 11.3. The molecule has 3 N–H and O–H groups in total. The fourth-order valence-corrected chi connectivity index (χ4v) is 2.36. The van der Waals surface area contributed by atoms with Gasteiger partial charge in [0.05, 0.1) is 5.54 Å². The van der Waals surface area contributed by atoms with Crippen LogP contribution >= 0.6 is 0 Å². The third kappa shape index (κ3) is 3.45. The van der Waals surface area contributed by atoms with Gasteiger partial charge in [0.15, 0.2) is 0 Å². The first-order valence-corrected chi connectivity index (χ1v) is 6.84. The molecule has 0 saturated carbocycles. The van der Waals surface area contributed by atoms with E-state index in [1.807, 2.05) is 0 Å². The van der Waals surface area contributed by atoms with E-state index < -0.39 is 17.6 Å². The van der Waals surface area contributed by atoms with Gasteiger partial charge in [-0.25, -0.2) is 4.79 Å². The lowest BCUT2D eigenvalue weighted by molar-refractivity contribution is -0.145. The highest BCUT2D eigenvalue weighted by Gasteiger charge is 2.42. The molecular weight excluding hydrogens is 232 g/mol. The maximum absolute atomic E-state index is 12.2. The van der Waals surface area contributed by atoms with Crippen LogP contribution < -0.4 is 10.6 Å². The summed E-state index contributed by atoms with van der Waals surface area (Å²) < 4.78 is 0. The molecule has 1 fully saturated rings. The van der Waals surface area contributed by atoms with Crippen LogP contribution in [0.2, 0.25) is 0 Å². The monoisotopic (exact) mass is 256 g/mol. The lowest BCUT2D eigenvalue weighted by Crippen LogP contribution is -2.68. The van der Waals surface area contributed by atoms with Crippen LogP contribution in [0.3, 0.4) is 0 Å². The Labute approximate surface area is 108 Å². The molecule has 1 saturated heterocycles. The van der Waals surface area contributed by atoms with E-state index in [1.165, 1.54) is 0 Å². The minimum absolute atomic E-state index is 0.150. The zero-order chi connectivity index (χ0) is 13.6. The average Bonchev–Trinajstić information content (AvgIpc) is 2.36. The summed E-state index contributed by atoms with van der Waals surface area (Å²) in [5, 5.41) is 14.7. The highest BCUT2D eigenvalue weighted by Crippen LogP contribution is 2.24. The van der Waals surface area contributed by atoms with Gasteiger partial charge in [0.25, 0.3) is 0 Å². The summed E-state index contributed by atoms with van der Waals surface area (Å²) in [6.45, 7) is 4.50. The summed E-state index contributed by atoms with van der Waals surface area (Å²) >= 11 is 0. The number of amides is 1. The lowest BCUT2D eigenvalue weighted by atomic mass is 9.84. The Hall–Kier alpha value is -1.10. The predicted octanol–water partition coefficient (Wildman–Crippen LogP) is 1.28. The molecule has 1 amide bonds. The molecule has 0 aromatic rings. The molecule has 0 spiro atoms. The first kappa shape index (κ1) is 15.0. The molecule has 0 radical (unpaired) electrons. The van der Waals surface area contributed by atoms with Crippen LogP contribution in [0, 0.1) is 0 Å². The van der Waals surface area contributed by atoms with Gasteiger partial charge in [-0.2, -0.15) is 0 Å². The Balaban J connectivity index is 2.71. The number of rotatable bonds is 7. The highest BCUT2D eigenvalue weighted by molar-refractivity contribution is 5.91. The summed E-state index contributed by atoms with van der Waals surface area (Å²) in [4.78, 5) is 23.1. The number of unbranched alkanes of at least 4 members (excludes halogenated alkanes) is 2. The molecule has 5 nitrogen and oxygen atoms in total. The largest absolute Gasteiger partial charge is 0.480 e. The summed E-state index contributed by atoms with van der Waals surface area (Å²) in [6, 6.07) is -0.797. The minimum atomic E-state index is -0.976. The molecule has 0 aromatic carbocycles. The zero-order valence-corrected chi connectivity index (χ0v) is 11.3. The molecule has 0 aliphatic carbocycles. The smallest absolute Gasteiger partial charge is 0.327 e. The lowest BCUT2D eigenvalue weighted by Gasteiger charge is -2.39. The third-order valence-electron chi connectivity index (χ3n) is 3.60. The molecule has 1 aliphatic heterocycles. The van der Waals surface area contributed by atoms with Gasteiger partial charge in [0.1, 0.15) is 6.04 Å². The molecule has 18 heavy (non-hydrogen) atoms. The van der Waals surface area contributed by atoms with Crippen molar-refractivity contribution in [1.29, 1.82) is 0 Å². The van der Waals surface area contributed by atoms with E-state index in [1.54, 1.807) is 0 Å². The van der Waals surface area contributed by atoms with Crippen LogP contribution in [-0.4, -0.2) is 35.1 Å². The molecule has 1 rings (SSSR count). The fourth-order valence-electron chi connectivity index (χ4n) is 2.36. The second-order valence-electron chi connectivity index (χ2n) is 5.03. The predicted molar refractivity (Wildman–Crippen MR) is 69.4 cm³/mol. The molecule has 0 aromatic heterocycles. The quantitative estimate of drug-likeness (QED) is 0.641. The average molecular weight is 256 g/mol. The van der Waals surface area contributed by atoms with Gasteiger partial charge in [0, 0.05) is 6.54 Å². The van der Waals surface area contributed by atoms with E-state index in [4.69, 9.17) is 5.11 Å². The number of aliphatic carboxylic acids is 1. The van der Waals surface area contributed by atoms with Gasteiger partial charge >= 0.3 is 5.97 Å². The number of hydrogen-bond acceptors (Lipinski definition) is 3.